The molecule has 2 N–H and O–H groups in total. The van der Waals surface area contributed by atoms with E-state index in [1.54, 1.807) is 13.8 Å². The number of aromatic nitrogens is 2. The van der Waals surface area contributed by atoms with E-state index in [2.05, 4.69) is 15.2 Å². The van der Waals surface area contributed by atoms with E-state index >= 15 is 0 Å². The highest BCUT2D eigenvalue weighted by Crippen LogP contribution is 2.51. The van der Waals surface area contributed by atoms with Crippen LogP contribution in [-0.4, -0.2) is 65.6 Å². The molecule has 2 unspecified atom stereocenters. The molecular formula is C31H38Cl2N4O12P2. The summed E-state index contributed by atoms with van der Waals surface area (Å²) in [5.41, 5.74) is -0.654. The molecule has 4 rings (SSSR count). The lowest BCUT2D eigenvalue weighted by atomic mass is 10.2. The molecule has 0 saturated carbocycles. The number of halogens is 2. The molecule has 1 fully saturated rings. The smallest absolute Gasteiger partial charge is 0.459 e. The van der Waals surface area contributed by atoms with E-state index < -0.39 is 70.2 Å². The summed E-state index contributed by atoms with van der Waals surface area (Å²) in [6, 6.07) is 11.0. The van der Waals surface area contributed by atoms with Crippen LogP contribution < -0.4 is 24.9 Å². The maximum Gasteiger partial charge on any atom is 0.459 e. The molecule has 1 saturated heterocycles. The first-order valence-electron chi connectivity index (χ1n) is 15.7. The van der Waals surface area contributed by atoms with Gasteiger partial charge in [0.05, 0.1) is 19.8 Å². The van der Waals surface area contributed by atoms with Crippen molar-refractivity contribution in [2.75, 3.05) is 19.8 Å². The van der Waals surface area contributed by atoms with Gasteiger partial charge in [-0.25, -0.2) is 18.9 Å². The molecule has 278 valence electrons. The lowest BCUT2D eigenvalue weighted by Gasteiger charge is -2.28. The van der Waals surface area contributed by atoms with Crippen LogP contribution >= 0.6 is 38.7 Å². The Balaban J connectivity index is 1.66. The summed E-state index contributed by atoms with van der Waals surface area (Å²) in [6.45, 7) is 5.61. The maximum absolute atomic E-state index is 14.4. The molecule has 1 aliphatic rings. The lowest BCUT2D eigenvalue weighted by molar-refractivity contribution is -0.145. The van der Waals surface area contributed by atoms with Crippen molar-refractivity contribution in [1.82, 2.24) is 19.7 Å². The van der Waals surface area contributed by atoms with Gasteiger partial charge in [0, 0.05) is 28.9 Å². The monoisotopic (exact) mass is 790 g/mol. The predicted molar refractivity (Wildman–Crippen MR) is 186 cm³/mol. The topological polar surface area (TPSA) is 192 Å². The molecule has 3 aromatic rings. The van der Waals surface area contributed by atoms with E-state index in [-0.39, 0.29) is 31.1 Å². The van der Waals surface area contributed by atoms with E-state index in [0.29, 0.717) is 10.0 Å². The van der Waals surface area contributed by atoms with Crippen LogP contribution in [0.4, 0.5) is 0 Å². The Labute approximate surface area is 304 Å². The Morgan fingerprint density at radius 1 is 0.902 bits per heavy atom. The van der Waals surface area contributed by atoms with Crippen molar-refractivity contribution in [2.24, 2.45) is 0 Å². The standard InChI is InChI=1S/C31H38Cl2N4O12P2/c1-5-43-29(38)20(3)35-50(41,47-24-12-8-22(32)9-13-24)45-19-27-26(18-28(46-27)37-17-7-16-34-31(37)40)49-51(42,36-21(4)30(39)44-6-2)48-25-14-10-23(33)11-15-25/h7-17,20-21,26-28H,5-6,18-19H2,1-4H3,(H,35,41)(H,36,42)/t20-,21-,26-,27+,28+,50?,51?/m0/s1. The summed E-state index contributed by atoms with van der Waals surface area (Å²) in [5, 5.41) is 5.91. The second kappa shape index (κ2) is 18.5. The Bertz CT molecular complexity index is 1780. The number of benzene rings is 2. The number of carbonyl (C=O) groups excluding carboxylic acids is 2. The zero-order valence-corrected chi connectivity index (χ0v) is 31.3. The van der Waals surface area contributed by atoms with Crippen LogP contribution in [0.25, 0.3) is 0 Å². The van der Waals surface area contributed by atoms with Crippen molar-refractivity contribution in [3.8, 4) is 11.5 Å². The Kier molecular flexibility index (Phi) is 14.6. The molecular weight excluding hydrogens is 753 g/mol. The summed E-state index contributed by atoms with van der Waals surface area (Å²) in [5.74, 6) is -1.29. The Morgan fingerprint density at radius 3 is 1.92 bits per heavy atom. The molecule has 0 radical (unpaired) electrons. The quantitative estimate of drug-likeness (QED) is 0.118. The average molecular weight is 792 g/mol. The van der Waals surface area contributed by atoms with Gasteiger partial charge in [0.1, 0.15) is 42.0 Å². The minimum atomic E-state index is -4.50. The SMILES string of the molecule is CCOC(=O)[C@H](C)NP(=O)(OC[C@H]1O[C@@H](n2cccnc2=O)C[C@@H]1OP(=O)(N[C@@H](C)C(=O)OCC)Oc1ccc(Cl)cc1)Oc1ccc(Cl)cc1. The van der Waals surface area contributed by atoms with Crippen LogP contribution in [0.1, 0.15) is 40.3 Å². The van der Waals surface area contributed by atoms with E-state index in [4.69, 9.17) is 55.5 Å². The molecule has 7 atom stereocenters. The molecule has 2 heterocycles. The van der Waals surface area contributed by atoms with Gasteiger partial charge in [-0.05, 0) is 82.3 Å². The van der Waals surface area contributed by atoms with E-state index in [9.17, 15) is 23.5 Å². The summed E-state index contributed by atoms with van der Waals surface area (Å²) in [4.78, 5) is 41.4. The first-order valence-corrected chi connectivity index (χ1v) is 19.6. The van der Waals surface area contributed by atoms with Crippen molar-refractivity contribution in [1.29, 1.82) is 0 Å². The minimum absolute atomic E-state index is 0.0619. The van der Waals surface area contributed by atoms with E-state index in [0.717, 1.165) is 0 Å². The van der Waals surface area contributed by atoms with Gasteiger partial charge >= 0.3 is 33.1 Å². The number of rotatable bonds is 18. The van der Waals surface area contributed by atoms with Crippen molar-refractivity contribution >= 4 is 50.6 Å². The van der Waals surface area contributed by atoms with Gasteiger partial charge in [-0.1, -0.05) is 23.2 Å². The van der Waals surface area contributed by atoms with Crippen molar-refractivity contribution < 1.29 is 51.0 Å². The van der Waals surface area contributed by atoms with Gasteiger partial charge in [0.25, 0.3) is 0 Å². The third kappa shape index (κ3) is 11.9. The molecule has 0 spiro atoms. The normalized spacial score (nSPS) is 20.7. The summed E-state index contributed by atoms with van der Waals surface area (Å²) in [6.07, 6.45) is -0.808. The van der Waals surface area contributed by atoms with Gasteiger partial charge in [-0.2, -0.15) is 10.2 Å². The van der Waals surface area contributed by atoms with Gasteiger partial charge in [-0.3, -0.25) is 23.2 Å². The van der Waals surface area contributed by atoms with Crippen LogP contribution in [0.3, 0.4) is 0 Å². The highest BCUT2D eigenvalue weighted by Gasteiger charge is 2.46. The van der Waals surface area contributed by atoms with Gasteiger partial charge in [0.2, 0.25) is 0 Å². The minimum Gasteiger partial charge on any atom is -0.465 e. The molecule has 1 aromatic heterocycles. The zero-order chi connectivity index (χ0) is 37.2. The molecule has 2 aromatic carbocycles. The summed E-state index contributed by atoms with van der Waals surface area (Å²) < 4.78 is 69.4. The van der Waals surface area contributed by atoms with E-state index in [1.165, 1.54) is 85.4 Å². The molecule has 0 amide bonds. The van der Waals surface area contributed by atoms with E-state index in [1.807, 2.05) is 0 Å². The van der Waals surface area contributed by atoms with Gasteiger partial charge in [-0.15, -0.1) is 0 Å². The number of hydrogen-bond acceptors (Lipinski definition) is 13. The van der Waals surface area contributed by atoms with Crippen LogP contribution in [0.15, 0.2) is 71.8 Å². The number of hydrogen-bond donors (Lipinski definition) is 2. The number of ether oxygens (including phenoxy) is 3. The Morgan fingerprint density at radius 2 is 1.41 bits per heavy atom. The highest BCUT2D eigenvalue weighted by atomic mass is 35.5. The van der Waals surface area contributed by atoms with Crippen LogP contribution in [0, 0.1) is 0 Å². The maximum atomic E-state index is 14.4. The lowest BCUT2D eigenvalue weighted by Crippen LogP contribution is -2.38. The predicted octanol–water partition coefficient (Wildman–Crippen LogP) is 5.70. The number of nitrogens with zero attached hydrogens (tertiary/aromatic N) is 2. The van der Waals surface area contributed by atoms with Crippen molar-refractivity contribution in [2.45, 2.75) is 64.6 Å². The van der Waals surface area contributed by atoms with Crippen LogP contribution in [-0.2, 0) is 42.0 Å². The van der Waals surface area contributed by atoms with Gasteiger partial charge < -0.3 is 23.3 Å². The summed E-state index contributed by atoms with van der Waals surface area (Å²) in [7, 11) is -8.92. The molecule has 1 aliphatic heterocycles. The number of nitrogens with one attached hydrogen (secondary N) is 2. The fourth-order valence-electron chi connectivity index (χ4n) is 4.62. The first-order chi connectivity index (χ1) is 24.2. The second-order valence-corrected chi connectivity index (χ2v) is 15.1. The number of carbonyl (C=O) groups is 2. The molecule has 0 aliphatic carbocycles. The molecule has 0 bridgehead atoms. The molecule has 20 heteroatoms. The third-order valence-corrected chi connectivity index (χ3v) is 10.8. The largest absolute Gasteiger partial charge is 0.465 e. The third-order valence-electron chi connectivity index (χ3n) is 6.97. The number of esters is 2. The van der Waals surface area contributed by atoms with Crippen molar-refractivity contribution in [3.63, 3.8) is 0 Å². The summed E-state index contributed by atoms with van der Waals surface area (Å²) >= 11 is 12.0. The van der Waals surface area contributed by atoms with Crippen molar-refractivity contribution in [3.05, 3.63) is 87.5 Å². The fraction of sp³-hybridized carbons (Fsp3) is 0.419. The Hall–Kier alpha value is -3.30. The van der Waals surface area contributed by atoms with Crippen LogP contribution in [0.2, 0.25) is 10.0 Å². The fourth-order valence-corrected chi connectivity index (χ4v) is 8.09. The molecule has 16 nitrogen and oxygen atoms in total. The van der Waals surface area contributed by atoms with Crippen LogP contribution in [0.5, 0.6) is 11.5 Å². The van der Waals surface area contributed by atoms with Gasteiger partial charge in [0.15, 0.2) is 0 Å². The average Bonchev–Trinajstić information content (AvgIpc) is 3.47. The second-order valence-electron chi connectivity index (χ2n) is 10.9. The highest BCUT2D eigenvalue weighted by molar-refractivity contribution is 7.52. The molecule has 51 heavy (non-hydrogen) atoms. The zero-order valence-electron chi connectivity index (χ0n) is 28.0. The first kappa shape index (κ1) is 40.5.